The molecule has 32 heavy (non-hydrogen) atoms. The lowest BCUT2D eigenvalue weighted by molar-refractivity contribution is -0.274. The second-order valence-corrected chi connectivity index (χ2v) is 7.08. The number of aryl methyl sites for hydroxylation is 1. The molecule has 0 aliphatic carbocycles. The molecule has 1 aromatic carbocycles. The number of carbonyl (C=O) groups is 1. The van der Waals surface area contributed by atoms with Gasteiger partial charge in [0, 0.05) is 50.3 Å². The summed E-state index contributed by atoms with van der Waals surface area (Å²) in [6, 6.07) is 6.56. The van der Waals surface area contributed by atoms with Crippen molar-refractivity contribution in [3.05, 3.63) is 54.9 Å². The van der Waals surface area contributed by atoms with Crippen molar-refractivity contribution in [3.63, 3.8) is 0 Å². The number of nitrogens with zero attached hydrogens (tertiary/aromatic N) is 6. The van der Waals surface area contributed by atoms with Crippen LogP contribution >= 0.6 is 0 Å². The summed E-state index contributed by atoms with van der Waals surface area (Å²) < 4.78 is 42.4. The summed E-state index contributed by atoms with van der Waals surface area (Å²) in [5.41, 5.74) is 0.378. The first-order valence-electron chi connectivity index (χ1n) is 9.77. The van der Waals surface area contributed by atoms with Crippen molar-refractivity contribution < 1.29 is 22.7 Å². The van der Waals surface area contributed by atoms with Gasteiger partial charge in [-0.25, -0.2) is 19.7 Å². The average Bonchev–Trinajstić information content (AvgIpc) is 3.29. The first-order chi connectivity index (χ1) is 15.3. The van der Waals surface area contributed by atoms with Gasteiger partial charge in [-0.3, -0.25) is 4.57 Å². The molecule has 1 N–H and O–H groups in total. The van der Waals surface area contributed by atoms with Crippen LogP contribution in [0.15, 0.2) is 49.1 Å². The third kappa shape index (κ3) is 5.25. The lowest BCUT2D eigenvalue weighted by Gasteiger charge is -2.35. The maximum absolute atomic E-state index is 12.5. The normalized spacial score (nSPS) is 14.4. The van der Waals surface area contributed by atoms with Crippen LogP contribution in [0.5, 0.6) is 5.75 Å². The largest absolute Gasteiger partial charge is 0.573 e. The molecule has 0 saturated carbocycles. The van der Waals surface area contributed by atoms with E-state index in [0.29, 0.717) is 43.5 Å². The van der Waals surface area contributed by atoms with Crippen LogP contribution in [0.2, 0.25) is 0 Å². The summed E-state index contributed by atoms with van der Waals surface area (Å²) in [7, 11) is 0. The molecule has 0 spiro atoms. The Morgan fingerprint density at radius 3 is 2.38 bits per heavy atom. The second kappa shape index (κ2) is 8.73. The SMILES string of the molecule is Cc1nc(N2CCN(C(=O)Nc3ccc(OC(F)(F)F)cc3)CC2)cc(-n2ccnc2)n1. The highest BCUT2D eigenvalue weighted by Gasteiger charge is 2.31. The van der Waals surface area contributed by atoms with Gasteiger partial charge in [0.2, 0.25) is 0 Å². The zero-order valence-corrected chi connectivity index (χ0v) is 17.1. The maximum Gasteiger partial charge on any atom is 0.573 e. The van der Waals surface area contributed by atoms with Gasteiger partial charge in [0.05, 0.1) is 0 Å². The van der Waals surface area contributed by atoms with Crippen molar-refractivity contribution in [1.29, 1.82) is 0 Å². The molecule has 1 aliphatic rings. The molecule has 2 amide bonds. The third-order valence-corrected chi connectivity index (χ3v) is 4.81. The zero-order valence-electron chi connectivity index (χ0n) is 17.1. The predicted octanol–water partition coefficient (Wildman–Crippen LogP) is 3.22. The van der Waals surface area contributed by atoms with Crippen LogP contribution in [-0.2, 0) is 0 Å². The molecule has 0 atom stereocenters. The number of nitrogens with one attached hydrogen (secondary N) is 1. The van der Waals surface area contributed by atoms with Crippen LogP contribution in [-0.4, -0.2) is 63.0 Å². The van der Waals surface area contributed by atoms with Gasteiger partial charge in [0.25, 0.3) is 0 Å². The van der Waals surface area contributed by atoms with Crippen molar-refractivity contribution in [1.82, 2.24) is 24.4 Å². The van der Waals surface area contributed by atoms with E-state index in [2.05, 4.69) is 29.9 Å². The van der Waals surface area contributed by atoms with Gasteiger partial charge in [0.1, 0.15) is 29.5 Å². The lowest BCUT2D eigenvalue weighted by Crippen LogP contribution is -2.50. The number of amides is 2. The van der Waals surface area contributed by atoms with Crippen molar-refractivity contribution in [2.45, 2.75) is 13.3 Å². The predicted molar refractivity (Wildman–Crippen MR) is 110 cm³/mol. The van der Waals surface area contributed by atoms with Gasteiger partial charge < -0.3 is 19.9 Å². The van der Waals surface area contributed by atoms with E-state index in [-0.39, 0.29) is 11.8 Å². The monoisotopic (exact) mass is 447 g/mol. The van der Waals surface area contributed by atoms with Crippen molar-refractivity contribution in [2.24, 2.45) is 0 Å². The number of urea groups is 1. The fourth-order valence-electron chi connectivity index (χ4n) is 3.31. The highest BCUT2D eigenvalue weighted by Crippen LogP contribution is 2.24. The Hall–Kier alpha value is -3.83. The number of imidazole rings is 1. The maximum atomic E-state index is 12.5. The van der Waals surface area contributed by atoms with Crippen molar-refractivity contribution in [2.75, 3.05) is 36.4 Å². The summed E-state index contributed by atoms with van der Waals surface area (Å²) >= 11 is 0. The molecule has 12 heteroatoms. The van der Waals surface area contributed by atoms with Gasteiger partial charge in [-0.05, 0) is 31.2 Å². The molecule has 168 valence electrons. The van der Waals surface area contributed by atoms with E-state index in [4.69, 9.17) is 0 Å². The van der Waals surface area contributed by atoms with Crippen LogP contribution in [0.25, 0.3) is 5.82 Å². The van der Waals surface area contributed by atoms with Gasteiger partial charge in [-0.2, -0.15) is 0 Å². The fourth-order valence-corrected chi connectivity index (χ4v) is 3.31. The zero-order chi connectivity index (χ0) is 22.7. The van der Waals surface area contributed by atoms with E-state index in [1.807, 2.05) is 13.0 Å². The molecule has 3 heterocycles. The molecule has 1 fully saturated rings. The number of piperazine rings is 1. The van der Waals surface area contributed by atoms with Gasteiger partial charge in [0.15, 0.2) is 0 Å². The Labute approximate surface area is 181 Å². The van der Waals surface area contributed by atoms with Crippen LogP contribution in [0.3, 0.4) is 0 Å². The quantitative estimate of drug-likeness (QED) is 0.661. The highest BCUT2D eigenvalue weighted by molar-refractivity contribution is 5.89. The van der Waals surface area contributed by atoms with E-state index in [1.54, 1.807) is 28.2 Å². The minimum Gasteiger partial charge on any atom is -0.406 e. The summed E-state index contributed by atoms with van der Waals surface area (Å²) in [6.45, 7) is 3.89. The summed E-state index contributed by atoms with van der Waals surface area (Å²) in [5.74, 6) is 1.76. The smallest absolute Gasteiger partial charge is 0.406 e. The average molecular weight is 447 g/mol. The number of halogens is 3. The Balaban J connectivity index is 1.34. The Morgan fingerprint density at radius 2 is 1.75 bits per heavy atom. The van der Waals surface area contributed by atoms with E-state index in [1.165, 1.54) is 12.1 Å². The topological polar surface area (TPSA) is 88.4 Å². The molecule has 0 bridgehead atoms. The van der Waals surface area contributed by atoms with E-state index in [9.17, 15) is 18.0 Å². The summed E-state index contributed by atoms with van der Waals surface area (Å²) in [5, 5.41) is 2.69. The number of hydrogen-bond donors (Lipinski definition) is 1. The van der Waals surface area contributed by atoms with E-state index in [0.717, 1.165) is 18.0 Å². The number of hydrogen-bond acceptors (Lipinski definition) is 6. The number of rotatable bonds is 4. The first-order valence-corrected chi connectivity index (χ1v) is 9.77. The van der Waals surface area contributed by atoms with Crippen LogP contribution in [0.4, 0.5) is 29.5 Å². The second-order valence-electron chi connectivity index (χ2n) is 7.08. The number of carbonyl (C=O) groups excluding carboxylic acids is 1. The van der Waals surface area contributed by atoms with Crippen molar-refractivity contribution >= 4 is 17.5 Å². The molecule has 3 aromatic rings. The molecule has 0 radical (unpaired) electrons. The number of alkyl halides is 3. The van der Waals surface area contributed by atoms with Crippen LogP contribution in [0.1, 0.15) is 5.82 Å². The molecule has 9 nitrogen and oxygen atoms in total. The van der Waals surface area contributed by atoms with Crippen LogP contribution < -0.4 is 15.0 Å². The first kappa shape index (κ1) is 21.4. The lowest BCUT2D eigenvalue weighted by atomic mass is 10.3. The Kier molecular flexibility index (Phi) is 5.84. The standard InChI is InChI=1S/C20H20F3N7O2/c1-14-25-17(12-18(26-14)30-7-6-24-13-30)28-8-10-29(11-9-28)19(31)27-15-2-4-16(5-3-15)32-20(21,22)23/h2-7,12-13H,8-11H2,1H3,(H,27,31). The summed E-state index contributed by atoms with van der Waals surface area (Å²) in [4.78, 5) is 29.2. The molecule has 1 saturated heterocycles. The highest BCUT2D eigenvalue weighted by atomic mass is 19.4. The number of anilines is 2. The van der Waals surface area contributed by atoms with E-state index >= 15 is 0 Å². The molecular weight excluding hydrogens is 427 g/mol. The van der Waals surface area contributed by atoms with Gasteiger partial charge in [-0.1, -0.05) is 0 Å². The fraction of sp³-hybridized carbons (Fsp3) is 0.300. The Bertz CT molecular complexity index is 1060. The Morgan fingerprint density at radius 1 is 1.06 bits per heavy atom. The summed E-state index contributed by atoms with van der Waals surface area (Å²) in [6.07, 6.45) is 0.378. The number of ether oxygens (including phenoxy) is 1. The molecule has 1 aliphatic heterocycles. The molecule has 4 rings (SSSR count). The molecule has 2 aromatic heterocycles. The van der Waals surface area contributed by atoms with Crippen molar-refractivity contribution in [3.8, 4) is 11.6 Å². The molecule has 0 unspecified atom stereocenters. The van der Waals surface area contributed by atoms with Crippen LogP contribution in [0, 0.1) is 6.92 Å². The van der Waals surface area contributed by atoms with E-state index < -0.39 is 6.36 Å². The minimum absolute atomic E-state index is 0.327. The number of aromatic nitrogens is 4. The third-order valence-electron chi connectivity index (χ3n) is 4.81. The van der Waals surface area contributed by atoms with Gasteiger partial charge >= 0.3 is 12.4 Å². The number of benzene rings is 1. The van der Waals surface area contributed by atoms with Gasteiger partial charge in [-0.15, -0.1) is 13.2 Å². The molecular formula is C20H20F3N7O2. The minimum atomic E-state index is -4.76.